The Labute approximate surface area is 172 Å². The highest BCUT2D eigenvalue weighted by molar-refractivity contribution is 6.22. The number of Topliss-reactive ketones (excluding diaryl/α,β-unsaturated/α-hetero) is 1. The Kier molecular flexibility index (Phi) is 9.01. The van der Waals surface area contributed by atoms with Crippen LogP contribution in [-0.2, 0) is 14.4 Å². The lowest BCUT2D eigenvalue weighted by molar-refractivity contribution is -0.143. The van der Waals surface area contributed by atoms with Crippen molar-refractivity contribution < 1.29 is 24.6 Å². The van der Waals surface area contributed by atoms with E-state index in [9.17, 15) is 19.5 Å². The number of amides is 1. The molecule has 0 heterocycles. The van der Waals surface area contributed by atoms with Crippen LogP contribution in [0.25, 0.3) is 0 Å². The maximum Gasteiger partial charge on any atom is 0.326 e. The van der Waals surface area contributed by atoms with Crippen LogP contribution in [0.3, 0.4) is 0 Å². The number of nitrogens with one attached hydrogen (secondary N) is 1. The van der Waals surface area contributed by atoms with Crippen molar-refractivity contribution in [2.24, 2.45) is 22.1 Å². The lowest BCUT2D eigenvalue weighted by atomic mass is 9.76. The van der Waals surface area contributed by atoms with Gasteiger partial charge in [0.1, 0.15) is 11.8 Å². The number of allylic oxidation sites excluding steroid dienone is 2. The third kappa shape index (κ3) is 7.61. The van der Waals surface area contributed by atoms with Gasteiger partial charge in [0.2, 0.25) is 5.91 Å². The molecule has 0 saturated heterocycles. The third-order valence-corrected chi connectivity index (χ3v) is 5.05. The Hall–Kier alpha value is -2.22. The van der Waals surface area contributed by atoms with E-state index in [2.05, 4.69) is 10.3 Å². The van der Waals surface area contributed by atoms with Gasteiger partial charge in [-0.25, -0.2) is 4.79 Å². The van der Waals surface area contributed by atoms with Gasteiger partial charge in [-0.2, -0.15) is 0 Å². The molecule has 8 heteroatoms. The number of hydrogen-bond acceptors (Lipinski definition) is 6. The molecule has 8 nitrogen and oxygen atoms in total. The standard InChI is InChI=1S/C21H35N3O5/c1-12(2)18(20(28)29)24-19(27)14(22)8-6-7-9-23-13(3)17-15(25)10-21(4,5)11-16(17)26/h12,14,18,25H,6-11,22H2,1-5H3,(H,24,27)(H,28,29)/t14-,18-/m0/s1. The average molecular weight is 410 g/mol. The van der Waals surface area contributed by atoms with E-state index in [4.69, 9.17) is 10.8 Å². The average Bonchev–Trinajstić information content (AvgIpc) is 2.56. The van der Waals surface area contributed by atoms with Crippen molar-refractivity contribution in [1.82, 2.24) is 5.32 Å². The van der Waals surface area contributed by atoms with E-state index in [-0.39, 0.29) is 22.9 Å². The first-order valence-corrected chi connectivity index (χ1v) is 10.1. The van der Waals surface area contributed by atoms with E-state index in [1.165, 1.54) is 0 Å². The highest BCUT2D eigenvalue weighted by Crippen LogP contribution is 2.36. The molecule has 1 amide bonds. The van der Waals surface area contributed by atoms with Gasteiger partial charge >= 0.3 is 5.97 Å². The van der Waals surface area contributed by atoms with Crippen LogP contribution in [0, 0.1) is 11.3 Å². The van der Waals surface area contributed by atoms with Crippen molar-refractivity contribution in [3.8, 4) is 0 Å². The number of aliphatic hydroxyl groups excluding tert-OH is 1. The molecule has 5 N–H and O–H groups in total. The van der Waals surface area contributed by atoms with Gasteiger partial charge in [-0.15, -0.1) is 0 Å². The van der Waals surface area contributed by atoms with E-state index in [0.29, 0.717) is 49.9 Å². The topological polar surface area (TPSA) is 142 Å². The second-order valence-electron chi connectivity index (χ2n) is 8.90. The molecule has 0 aromatic carbocycles. The minimum Gasteiger partial charge on any atom is -0.511 e. The van der Waals surface area contributed by atoms with Crippen LogP contribution in [0.5, 0.6) is 0 Å². The zero-order chi connectivity index (χ0) is 22.4. The first-order valence-electron chi connectivity index (χ1n) is 10.1. The van der Waals surface area contributed by atoms with Crippen molar-refractivity contribution in [3.63, 3.8) is 0 Å². The maximum absolute atomic E-state index is 12.3. The molecule has 0 radical (unpaired) electrons. The van der Waals surface area contributed by atoms with Crippen molar-refractivity contribution in [3.05, 3.63) is 11.3 Å². The maximum atomic E-state index is 12.3. The molecule has 164 valence electrons. The molecule has 29 heavy (non-hydrogen) atoms. The minimum absolute atomic E-state index is 0.0863. The third-order valence-electron chi connectivity index (χ3n) is 5.05. The molecular weight excluding hydrogens is 374 g/mol. The summed E-state index contributed by atoms with van der Waals surface area (Å²) < 4.78 is 0. The number of nitrogens with two attached hydrogens (primary N) is 1. The first kappa shape index (κ1) is 24.8. The van der Waals surface area contributed by atoms with Crippen molar-refractivity contribution >= 4 is 23.4 Å². The number of aliphatic imine (C=N–C) groups is 1. The predicted molar refractivity (Wildman–Crippen MR) is 112 cm³/mol. The summed E-state index contributed by atoms with van der Waals surface area (Å²) in [6.07, 6.45) is 2.55. The highest BCUT2D eigenvalue weighted by atomic mass is 16.4. The van der Waals surface area contributed by atoms with Crippen LogP contribution in [0.15, 0.2) is 16.3 Å². The van der Waals surface area contributed by atoms with Gasteiger partial charge in [-0.1, -0.05) is 27.7 Å². The van der Waals surface area contributed by atoms with Gasteiger partial charge in [-0.3, -0.25) is 14.6 Å². The summed E-state index contributed by atoms with van der Waals surface area (Å²) in [6, 6.07) is -1.74. The first-order chi connectivity index (χ1) is 13.4. The normalized spacial score (nSPS) is 19.3. The van der Waals surface area contributed by atoms with Crippen LogP contribution >= 0.6 is 0 Å². The highest BCUT2D eigenvalue weighted by Gasteiger charge is 2.34. The number of carbonyl (C=O) groups excluding carboxylic acids is 2. The van der Waals surface area contributed by atoms with E-state index in [1.807, 2.05) is 13.8 Å². The number of nitrogens with zero attached hydrogens (tertiary/aromatic N) is 1. The molecule has 1 aliphatic carbocycles. The fourth-order valence-corrected chi connectivity index (χ4v) is 3.41. The molecule has 0 aromatic rings. The largest absolute Gasteiger partial charge is 0.511 e. The van der Waals surface area contributed by atoms with Crippen molar-refractivity contribution in [1.29, 1.82) is 0 Å². The number of carboxylic acid groups (broad SMARTS) is 1. The number of unbranched alkanes of at least 4 members (excludes halogenated alkanes) is 1. The molecule has 2 atom stereocenters. The lowest BCUT2D eigenvalue weighted by Gasteiger charge is -2.29. The van der Waals surface area contributed by atoms with Gasteiger partial charge in [0.25, 0.3) is 0 Å². The summed E-state index contributed by atoms with van der Waals surface area (Å²) in [4.78, 5) is 39.9. The van der Waals surface area contributed by atoms with Gasteiger partial charge in [0, 0.05) is 25.1 Å². The molecule has 1 aliphatic rings. The smallest absolute Gasteiger partial charge is 0.326 e. The van der Waals surface area contributed by atoms with Gasteiger partial charge in [-0.05, 0) is 37.5 Å². The summed E-state index contributed by atoms with van der Waals surface area (Å²) in [5, 5.41) is 21.8. The van der Waals surface area contributed by atoms with Crippen LogP contribution in [0.4, 0.5) is 0 Å². The quantitative estimate of drug-likeness (QED) is 0.322. The summed E-state index contributed by atoms with van der Waals surface area (Å²) in [5.41, 5.74) is 6.48. The predicted octanol–water partition coefficient (Wildman–Crippen LogP) is 2.37. The lowest BCUT2D eigenvalue weighted by Crippen LogP contribution is -2.50. The summed E-state index contributed by atoms with van der Waals surface area (Å²) in [6.45, 7) is 9.51. The van der Waals surface area contributed by atoms with Crippen LogP contribution < -0.4 is 11.1 Å². The van der Waals surface area contributed by atoms with E-state index in [1.54, 1.807) is 20.8 Å². The SMILES string of the molecule is CC(=NCCCC[C@H](N)C(=O)N[C@H](C(=O)O)C(C)C)C1=C(O)CC(C)(C)CC1=O. The molecule has 0 spiro atoms. The van der Waals surface area contributed by atoms with E-state index < -0.39 is 24.0 Å². The zero-order valence-electron chi connectivity index (χ0n) is 18.1. The molecule has 0 aromatic heterocycles. The van der Waals surface area contributed by atoms with Gasteiger partial charge in [0.15, 0.2) is 5.78 Å². The zero-order valence-corrected chi connectivity index (χ0v) is 18.1. The molecule has 1 rings (SSSR count). The summed E-state index contributed by atoms with van der Waals surface area (Å²) in [5.74, 6) is -1.78. The number of carboxylic acids is 1. The fourth-order valence-electron chi connectivity index (χ4n) is 3.41. The van der Waals surface area contributed by atoms with Crippen LogP contribution in [0.2, 0.25) is 0 Å². The molecule has 0 bridgehead atoms. The van der Waals surface area contributed by atoms with Gasteiger partial charge < -0.3 is 21.3 Å². The second-order valence-corrected chi connectivity index (χ2v) is 8.90. The van der Waals surface area contributed by atoms with Crippen LogP contribution in [0.1, 0.15) is 66.7 Å². The Bertz CT molecular complexity index is 694. The van der Waals surface area contributed by atoms with Crippen molar-refractivity contribution in [2.75, 3.05) is 6.54 Å². The molecule has 0 fully saturated rings. The Morgan fingerprint density at radius 1 is 1.24 bits per heavy atom. The molecule has 0 saturated carbocycles. The second kappa shape index (κ2) is 10.5. The molecule has 0 unspecified atom stereocenters. The minimum atomic E-state index is -1.08. The molecular formula is C21H35N3O5. The van der Waals surface area contributed by atoms with E-state index >= 15 is 0 Å². The Morgan fingerprint density at radius 3 is 2.38 bits per heavy atom. The number of aliphatic carboxylic acids is 1. The Balaban J connectivity index is 2.49. The number of rotatable bonds is 10. The fraction of sp³-hybridized carbons (Fsp3) is 0.714. The van der Waals surface area contributed by atoms with Crippen LogP contribution in [-0.4, -0.2) is 52.2 Å². The molecule has 0 aliphatic heterocycles. The Morgan fingerprint density at radius 2 is 1.86 bits per heavy atom. The van der Waals surface area contributed by atoms with E-state index in [0.717, 1.165) is 0 Å². The monoisotopic (exact) mass is 409 g/mol. The van der Waals surface area contributed by atoms with Crippen molar-refractivity contribution in [2.45, 2.75) is 78.8 Å². The number of hydrogen-bond donors (Lipinski definition) is 4. The number of carbonyl (C=O) groups is 3. The summed E-state index contributed by atoms with van der Waals surface area (Å²) in [7, 11) is 0. The number of aliphatic hydroxyl groups is 1. The summed E-state index contributed by atoms with van der Waals surface area (Å²) >= 11 is 0. The van der Waals surface area contributed by atoms with Gasteiger partial charge in [0.05, 0.1) is 11.6 Å². The number of ketones is 1.